The van der Waals surface area contributed by atoms with Crippen LogP contribution in [0.25, 0.3) is 27.9 Å². The molecule has 0 saturated carbocycles. The molecule has 1 aliphatic rings. The van der Waals surface area contributed by atoms with E-state index in [9.17, 15) is 4.39 Å². The molecule has 4 heterocycles. The van der Waals surface area contributed by atoms with Gasteiger partial charge in [0.1, 0.15) is 16.4 Å². The predicted molar refractivity (Wildman–Crippen MR) is 103 cm³/mol. The highest BCUT2D eigenvalue weighted by Gasteiger charge is 2.21. The molecule has 0 radical (unpaired) electrons. The van der Waals surface area contributed by atoms with E-state index < -0.39 is 0 Å². The molecular weight excluding hydrogens is 369 g/mol. The molecule has 5 rings (SSSR count). The minimum absolute atomic E-state index is 0.261. The summed E-state index contributed by atoms with van der Waals surface area (Å²) >= 11 is 6.61. The normalized spacial score (nSPS) is 17.6. The maximum absolute atomic E-state index is 14.0. The fourth-order valence-corrected chi connectivity index (χ4v) is 3.84. The van der Waals surface area contributed by atoms with Gasteiger partial charge >= 0.3 is 0 Å². The predicted octanol–water partition coefficient (Wildman–Crippen LogP) is 3.23. The van der Waals surface area contributed by atoms with Crippen molar-refractivity contribution in [3.8, 4) is 11.4 Å². The first-order chi connectivity index (χ1) is 13.2. The van der Waals surface area contributed by atoms with Crippen molar-refractivity contribution in [1.29, 1.82) is 0 Å². The smallest absolute Gasteiger partial charge is 0.181 e. The number of hydrogen-bond acceptors (Lipinski definition) is 5. The summed E-state index contributed by atoms with van der Waals surface area (Å²) in [5, 5.41) is 14.9. The summed E-state index contributed by atoms with van der Waals surface area (Å²) in [7, 11) is 0. The minimum Gasteiger partial charge on any atom is -0.363 e. The lowest BCUT2D eigenvalue weighted by Crippen LogP contribution is -2.38. The fourth-order valence-electron chi connectivity index (χ4n) is 3.57. The van der Waals surface area contributed by atoms with Gasteiger partial charge in [0.05, 0.1) is 5.69 Å². The Balaban J connectivity index is 1.67. The molecule has 0 bridgehead atoms. The van der Waals surface area contributed by atoms with Crippen molar-refractivity contribution in [3.05, 3.63) is 41.6 Å². The summed E-state index contributed by atoms with van der Waals surface area (Å²) in [6, 6.07) is 5.08. The SMILES string of the molecule is Fc1cccc2c(-c3nc(N[C@H]4CCCNC4)c4nccn4c3Cl)[nH]nc12. The van der Waals surface area contributed by atoms with Crippen LogP contribution in [0.5, 0.6) is 0 Å². The van der Waals surface area contributed by atoms with Crippen molar-refractivity contribution in [2.45, 2.75) is 18.9 Å². The van der Waals surface area contributed by atoms with Crippen LogP contribution in [0.15, 0.2) is 30.6 Å². The largest absolute Gasteiger partial charge is 0.363 e. The number of hydrogen-bond donors (Lipinski definition) is 3. The molecule has 0 aliphatic carbocycles. The second kappa shape index (κ2) is 6.47. The number of H-pyrrole nitrogens is 1. The van der Waals surface area contributed by atoms with Crippen LogP contribution < -0.4 is 10.6 Å². The molecule has 7 nitrogen and oxygen atoms in total. The van der Waals surface area contributed by atoms with Gasteiger partial charge in [-0.15, -0.1) is 0 Å². The quantitative estimate of drug-likeness (QED) is 0.504. The molecule has 1 aromatic carbocycles. The number of nitrogens with zero attached hydrogens (tertiary/aromatic N) is 4. The van der Waals surface area contributed by atoms with Gasteiger partial charge in [0.2, 0.25) is 0 Å². The van der Waals surface area contributed by atoms with Crippen LogP contribution in [0, 0.1) is 5.82 Å². The number of aromatic nitrogens is 5. The number of imidazole rings is 1. The number of fused-ring (bicyclic) bond motifs is 2. The zero-order valence-electron chi connectivity index (χ0n) is 14.3. The van der Waals surface area contributed by atoms with Gasteiger partial charge < -0.3 is 10.6 Å². The summed E-state index contributed by atoms with van der Waals surface area (Å²) < 4.78 is 15.8. The van der Waals surface area contributed by atoms with E-state index in [1.54, 1.807) is 28.9 Å². The van der Waals surface area contributed by atoms with Gasteiger partial charge in [0.25, 0.3) is 0 Å². The molecule has 3 aromatic heterocycles. The van der Waals surface area contributed by atoms with Gasteiger partial charge in [-0.1, -0.05) is 23.7 Å². The van der Waals surface area contributed by atoms with Crippen molar-refractivity contribution < 1.29 is 4.39 Å². The molecule has 1 atom stereocenters. The zero-order chi connectivity index (χ0) is 18.4. The fraction of sp³-hybridized carbons (Fsp3) is 0.278. The number of piperidine rings is 1. The topological polar surface area (TPSA) is 82.9 Å². The Hall–Kier alpha value is -2.71. The molecule has 27 heavy (non-hydrogen) atoms. The summed E-state index contributed by atoms with van der Waals surface area (Å²) in [6.07, 6.45) is 5.62. The molecule has 138 valence electrons. The summed E-state index contributed by atoms with van der Waals surface area (Å²) in [4.78, 5) is 9.13. The van der Waals surface area contributed by atoms with Crippen LogP contribution in [0.3, 0.4) is 0 Å². The standard InChI is InChI=1S/C18H17ClFN7/c19-16-15(14-11-4-1-5-12(20)13(11)25-26-14)24-17(18-22-7-8-27(16)18)23-10-3-2-6-21-9-10/h1,4-5,7-8,10,21H,2-3,6,9H2,(H,23,24)(H,25,26)/t10-/m0/s1. The molecule has 1 saturated heterocycles. The van der Waals surface area contributed by atoms with Crippen molar-refractivity contribution in [1.82, 2.24) is 29.9 Å². The average molecular weight is 386 g/mol. The number of halogens is 2. The number of para-hydroxylation sites is 1. The Morgan fingerprint density at radius 3 is 3.11 bits per heavy atom. The Kier molecular flexibility index (Phi) is 3.95. The number of nitrogens with one attached hydrogen (secondary N) is 3. The highest BCUT2D eigenvalue weighted by molar-refractivity contribution is 6.32. The Bertz CT molecular complexity index is 1130. The van der Waals surface area contributed by atoms with Crippen LogP contribution in [0.4, 0.5) is 10.2 Å². The van der Waals surface area contributed by atoms with E-state index in [1.165, 1.54) is 6.07 Å². The number of anilines is 1. The third kappa shape index (κ3) is 2.72. The highest BCUT2D eigenvalue weighted by atomic mass is 35.5. The lowest BCUT2D eigenvalue weighted by Gasteiger charge is -2.24. The summed E-state index contributed by atoms with van der Waals surface area (Å²) in [6.45, 7) is 1.90. The summed E-state index contributed by atoms with van der Waals surface area (Å²) in [5.74, 6) is 0.258. The first-order valence-corrected chi connectivity index (χ1v) is 9.23. The van der Waals surface area contributed by atoms with Gasteiger partial charge in [-0.25, -0.2) is 14.4 Å². The third-order valence-corrected chi connectivity index (χ3v) is 5.25. The summed E-state index contributed by atoms with van der Waals surface area (Å²) in [5.41, 5.74) is 2.00. The van der Waals surface area contributed by atoms with Crippen LogP contribution in [0.2, 0.25) is 5.15 Å². The third-order valence-electron chi connectivity index (χ3n) is 4.89. The minimum atomic E-state index is -0.388. The van der Waals surface area contributed by atoms with Gasteiger partial charge in [0.15, 0.2) is 17.3 Å². The lowest BCUT2D eigenvalue weighted by molar-refractivity contribution is 0.479. The molecule has 0 spiro atoms. The average Bonchev–Trinajstić information content (AvgIpc) is 3.33. The Morgan fingerprint density at radius 1 is 1.33 bits per heavy atom. The monoisotopic (exact) mass is 385 g/mol. The molecule has 9 heteroatoms. The van der Waals surface area contributed by atoms with E-state index in [2.05, 4.69) is 25.8 Å². The van der Waals surface area contributed by atoms with Gasteiger partial charge in [-0.3, -0.25) is 9.50 Å². The second-order valence-electron chi connectivity index (χ2n) is 6.64. The maximum Gasteiger partial charge on any atom is 0.181 e. The van der Waals surface area contributed by atoms with E-state index in [1.807, 2.05) is 0 Å². The van der Waals surface area contributed by atoms with E-state index in [0.717, 1.165) is 25.9 Å². The van der Waals surface area contributed by atoms with Crippen molar-refractivity contribution in [2.75, 3.05) is 18.4 Å². The van der Waals surface area contributed by atoms with Gasteiger partial charge in [-0.2, -0.15) is 5.10 Å². The maximum atomic E-state index is 14.0. The van der Waals surface area contributed by atoms with E-state index in [-0.39, 0.29) is 17.4 Å². The van der Waals surface area contributed by atoms with Crippen LogP contribution in [-0.2, 0) is 0 Å². The first-order valence-electron chi connectivity index (χ1n) is 8.85. The van der Waals surface area contributed by atoms with Crippen molar-refractivity contribution in [3.63, 3.8) is 0 Å². The molecule has 4 aromatic rings. The Labute approximate surface area is 159 Å². The molecule has 1 aliphatic heterocycles. The van der Waals surface area contributed by atoms with Gasteiger partial charge in [0, 0.05) is 30.4 Å². The highest BCUT2D eigenvalue weighted by Crippen LogP contribution is 2.33. The van der Waals surface area contributed by atoms with Gasteiger partial charge in [-0.05, 0) is 25.5 Å². The molecule has 0 unspecified atom stereocenters. The van der Waals surface area contributed by atoms with Crippen molar-refractivity contribution in [2.24, 2.45) is 0 Å². The molecule has 0 amide bonds. The number of aromatic amines is 1. The second-order valence-corrected chi connectivity index (χ2v) is 7.00. The van der Waals surface area contributed by atoms with E-state index in [4.69, 9.17) is 16.6 Å². The first kappa shape index (κ1) is 16.5. The molecule has 1 fully saturated rings. The number of benzene rings is 1. The van der Waals surface area contributed by atoms with Crippen LogP contribution in [0.1, 0.15) is 12.8 Å². The van der Waals surface area contributed by atoms with Crippen LogP contribution in [-0.4, -0.2) is 43.7 Å². The van der Waals surface area contributed by atoms with E-state index in [0.29, 0.717) is 33.4 Å². The lowest BCUT2D eigenvalue weighted by atomic mass is 10.1. The molecular formula is C18H17ClFN7. The van der Waals surface area contributed by atoms with Crippen molar-refractivity contribution >= 4 is 34.0 Å². The van der Waals surface area contributed by atoms with E-state index >= 15 is 0 Å². The van der Waals surface area contributed by atoms with Crippen LogP contribution >= 0.6 is 11.6 Å². The molecule has 3 N–H and O–H groups in total. The zero-order valence-corrected chi connectivity index (χ0v) is 15.1. The number of rotatable bonds is 3. The Morgan fingerprint density at radius 2 is 2.26 bits per heavy atom.